The summed E-state index contributed by atoms with van der Waals surface area (Å²) in [5.74, 6) is 0. The first-order chi connectivity index (χ1) is 7.55. The van der Waals surface area contributed by atoms with Gasteiger partial charge in [-0.2, -0.15) is 0 Å². The van der Waals surface area contributed by atoms with Gasteiger partial charge in [-0.05, 0) is 59.7 Å². The normalized spacial score (nSPS) is 20.2. The van der Waals surface area contributed by atoms with Crippen LogP contribution >= 0.6 is 0 Å². The number of likely N-dealkylation sites (tertiary alicyclic amines) is 1. The summed E-state index contributed by atoms with van der Waals surface area (Å²) < 4.78 is 5.39. The highest BCUT2D eigenvalue weighted by Gasteiger charge is 2.18. The van der Waals surface area contributed by atoms with E-state index in [9.17, 15) is 0 Å². The maximum Gasteiger partial charge on any atom is 0.0634 e. The number of rotatable bonds is 7. The van der Waals surface area contributed by atoms with E-state index in [1.54, 1.807) is 7.11 Å². The Morgan fingerprint density at radius 2 is 1.94 bits per heavy atom. The van der Waals surface area contributed by atoms with Crippen LogP contribution in [-0.4, -0.2) is 49.8 Å². The second kappa shape index (κ2) is 6.58. The summed E-state index contributed by atoms with van der Waals surface area (Å²) in [5, 5.41) is 3.53. The monoisotopic (exact) mass is 228 g/mol. The maximum atomic E-state index is 5.39. The Hall–Kier alpha value is -0.120. The summed E-state index contributed by atoms with van der Waals surface area (Å²) in [6, 6.07) is 0.674. The van der Waals surface area contributed by atoms with Gasteiger partial charge in [0.05, 0.1) is 5.60 Å². The Morgan fingerprint density at radius 1 is 1.31 bits per heavy atom. The third-order valence-corrected chi connectivity index (χ3v) is 3.66. The Balaban J connectivity index is 2.06. The van der Waals surface area contributed by atoms with Gasteiger partial charge in [0.1, 0.15) is 0 Å². The van der Waals surface area contributed by atoms with Gasteiger partial charge in [-0.25, -0.2) is 0 Å². The van der Waals surface area contributed by atoms with Gasteiger partial charge in [0.25, 0.3) is 0 Å². The molecule has 1 aliphatic heterocycles. The van der Waals surface area contributed by atoms with Crippen LogP contribution in [0.25, 0.3) is 0 Å². The number of methoxy groups -OCH3 is 1. The van der Waals surface area contributed by atoms with Crippen molar-refractivity contribution in [2.75, 3.05) is 33.3 Å². The molecule has 0 aromatic heterocycles. The van der Waals surface area contributed by atoms with E-state index in [-0.39, 0.29) is 5.60 Å². The van der Waals surface area contributed by atoms with Gasteiger partial charge in [-0.1, -0.05) is 0 Å². The van der Waals surface area contributed by atoms with Crippen LogP contribution in [-0.2, 0) is 4.74 Å². The van der Waals surface area contributed by atoms with Crippen molar-refractivity contribution < 1.29 is 4.74 Å². The quantitative estimate of drug-likeness (QED) is 0.673. The fraction of sp³-hybridized carbons (Fsp3) is 1.00. The Morgan fingerprint density at radius 3 is 2.50 bits per heavy atom. The average molecular weight is 228 g/mol. The molecule has 3 heteroatoms. The van der Waals surface area contributed by atoms with Crippen LogP contribution in [0, 0.1) is 0 Å². The van der Waals surface area contributed by atoms with Gasteiger partial charge < -0.3 is 10.1 Å². The molecule has 3 nitrogen and oxygen atoms in total. The number of hydrogen-bond acceptors (Lipinski definition) is 3. The highest BCUT2D eigenvalue weighted by Crippen LogP contribution is 2.12. The fourth-order valence-corrected chi connectivity index (χ4v) is 2.11. The second-order valence-corrected chi connectivity index (χ2v) is 5.51. The summed E-state index contributed by atoms with van der Waals surface area (Å²) in [6.45, 7) is 11.3. The minimum absolute atomic E-state index is 0.00385. The largest absolute Gasteiger partial charge is 0.379 e. The Kier molecular flexibility index (Phi) is 5.73. The molecule has 1 N–H and O–H groups in total. The molecule has 0 aromatic carbocycles. The predicted molar refractivity (Wildman–Crippen MR) is 68.8 cm³/mol. The molecular weight excluding hydrogens is 200 g/mol. The topological polar surface area (TPSA) is 24.5 Å². The fourth-order valence-electron chi connectivity index (χ4n) is 2.11. The van der Waals surface area contributed by atoms with Crippen molar-refractivity contribution in [3.63, 3.8) is 0 Å². The van der Waals surface area contributed by atoms with Gasteiger partial charge in [0, 0.05) is 19.7 Å². The summed E-state index contributed by atoms with van der Waals surface area (Å²) in [5.41, 5.74) is 0.00385. The van der Waals surface area contributed by atoms with Crippen LogP contribution in [0.4, 0.5) is 0 Å². The predicted octanol–water partition coefficient (Wildman–Crippen LogP) is 1.88. The highest BCUT2D eigenvalue weighted by atomic mass is 16.5. The zero-order chi connectivity index (χ0) is 12.0. The van der Waals surface area contributed by atoms with E-state index in [1.807, 2.05) is 0 Å². The molecular formula is C13H28N2O. The summed E-state index contributed by atoms with van der Waals surface area (Å²) >= 11 is 0. The van der Waals surface area contributed by atoms with Gasteiger partial charge in [-0.3, -0.25) is 4.90 Å². The second-order valence-electron chi connectivity index (χ2n) is 5.51. The average Bonchev–Trinajstić information content (AvgIpc) is 2.77. The molecule has 0 bridgehead atoms. The molecule has 0 amide bonds. The van der Waals surface area contributed by atoms with Crippen LogP contribution in [0.3, 0.4) is 0 Å². The van der Waals surface area contributed by atoms with E-state index < -0.39 is 0 Å². The maximum absolute atomic E-state index is 5.39. The van der Waals surface area contributed by atoms with Gasteiger partial charge in [0.15, 0.2) is 0 Å². The lowest BCUT2D eigenvalue weighted by Crippen LogP contribution is -2.40. The Bertz CT molecular complexity index is 188. The number of ether oxygens (including phenoxy) is 1. The van der Waals surface area contributed by atoms with Crippen molar-refractivity contribution in [3.05, 3.63) is 0 Å². The van der Waals surface area contributed by atoms with E-state index in [2.05, 4.69) is 31.0 Å². The lowest BCUT2D eigenvalue weighted by molar-refractivity contribution is 0.0156. The summed E-state index contributed by atoms with van der Waals surface area (Å²) in [4.78, 5) is 2.58. The van der Waals surface area contributed by atoms with E-state index in [4.69, 9.17) is 4.74 Å². The molecule has 0 aliphatic carbocycles. The van der Waals surface area contributed by atoms with Crippen molar-refractivity contribution >= 4 is 0 Å². The molecule has 0 spiro atoms. The summed E-state index contributed by atoms with van der Waals surface area (Å²) in [6.07, 6.45) is 3.82. The van der Waals surface area contributed by atoms with Crippen molar-refractivity contribution in [1.29, 1.82) is 0 Å². The SMILES string of the molecule is COC(C)(C)CCNCC(C)N1CCCC1. The van der Waals surface area contributed by atoms with E-state index >= 15 is 0 Å². The van der Waals surface area contributed by atoms with E-state index in [0.717, 1.165) is 19.5 Å². The third-order valence-electron chi connectivity index (χ3n) is 3.66. The van der Waals surface area contributed by atoms with Gasteiger partial charge in [0.2, 0.25) is 0 Å². The molecule has 1 fully saturated rings. The van der Waals surface area contributed by atoms with Gasteiger partial charge >= 0.3 is 0 Å². The zero-order valence-corrected chi connectivity index (χ0v) is 11.4. The molecule has 0 saturated carbocycles. The van der Waals surface area contributed by atoms with Crippen molar-refractivity contribution in [3.8, 4) is 0 Å². The van der Waals surface area contributed by atoms with Gasteiger partial charge in [-0.15, -0.1) is 0 Å². The zero-order valence-electron chi connectivity index (χ0n) is 11.4. The van der Waals surface area contributed by atoms with Crippen LogP contribution in [0.15, 0.2) is 0 Å². The van der Waals surface area contributed by atoms with Crippen molar-refractivity contribution in [1.82, 2.24) is 10.2 Å². The first kappa shape index (κ1) is 13.9. The molecule has 0 radical (unpaired) electrons. The molecule has 96 valence electrons. The minimum atomic E-state index is 0.00385. The summed E-state index contributed by atoms with van der Waals surface area (Å²) in [7, 11) is 1.78. The molecule has 16 heavy (non-hydrogen) atoms. The van der Waals surface area contributed by atoms with Crippen LogP contribution in [0.1, 0.15) is 40.0 Å². The number of hydrogen-bond donors (Lipinski definition) is 1. The molecule has 1 atom stereocenters. The lowest BCUT2D eigenvalue weighted by Gasteiger charge is -2.26. The number of nitrogens with one attached hydrogen (secondary N) is 1. The Labute approximate surface area is 101 Å². The molecule has 1 saturated heterocycles. The van der Waals surface area contributed by atoms with E-state index in [0.29, 0.717) is 6.04 Å². The third kappa shape index (κ3) is 4.81. The standard InChI is InChI=1S/C13H28N2O/c1-12(15-9-5-6-10-15)11-14-8-7-13(2,3)16-4/h12,14H,5-11H2,1-4H3. The van der Waals surface area contributed by atoms with E-state index in [1.165, 1.54) is 25.9 Å². The molecule has 1 aliphatic rings. The first-order valence-corrected chi connectivity index (χ1v) is 6.55. The molecule has 0 aromatic rings. The molecule has 1 rings (SSSR count). The van der Waals surface area contributed by atoms with Crippen molar-refractivity contribution in [2.45, 2.75) is 51.7 Å². The van der Waals surface area contributed by atoms with Crippen LogP contribution in [0.5, 0.6) is 0 Å². The smallest absolute Gasteiger partial charge is 0.0634 e. The highest BCUT2D eigenvalue weighted by molar-refractivity contribution is 4.75. The van der Waals surface area contributed by atoms with Crippen molar-refractivity contribution in [2.24, 2.45) is 0 Å². The lowest BCUT2D eigenvalue weighted by atomic mass is 10.1. The van der Waals surface area contributed by atoms with Crippen LogP contribution < -0.4 is 5.32 Å². The number of nitrogens with zero attached hydrogens (tertiary/aromatic N) is 1. The minimum Gasteiger partial charge on any atom is -0.379 e. The molecule has 1 heterocycles. The molecule has 1 unspecified atom stereocenters. The van der Waals surface area contributed by atoms with Crippen LogP contribution in [0.2, 0.25) is 0 Å². The first-order valence-electron chi connectivity index (χ1n) is 6.55.